The predicted octanol–water partition coefficient (Wildman–Crippen LogP) is 3.93. The van der Waals surface area contributed by atoms with E-state index in [-0.39, 0.29) is 6.42 Å². The molecule has 4 rings (SSSR count). The number of aromatic amines is 1. The lowest BCUT2D eigenvalue weighted by Crippen LogP contribution is -2.08. The molecule has 0 unspecified atom stereocenters. The van der Waals surface area contributed by atoms with Gasteiger partial charge in [0.1, 0.15) is 5.82 Å². The summed E-state index contributed by atoms with van der Waals surface area (Å²) in [6, 6.07) is 9.85. The second-order valence-corrected chi connectivity index (χ2v) is 6.04. The number of nitrogens with zero attached hydrogens (tertiary/aromatic N) is 2. The van der Waals surface area contributed by atoms with Crippen molar-refractivity contribution in [1.82, 2.24) is 15.0 Å². The van der Waals surface area contributed by atoms with Crippen LogP contribution in [0.2, 0.25) is 0 Å². The smallest absolute Gasteiger partial charge is 0.307 e. The van der Waals surface area contributed by atoms with Gasteiger partial charge in [0.25, 0.3) is 0 Å². The molecule has 0 atom stereocenters. The van der Waals surface area contributed by atoms with E-state index in [2.05, 4.69) is 20.3 Å². The molecule has 0 aliphatic heterocycles. The topological polar surface area (TPSA) is 90.9 Å². The molecule has 0 aliphatic carbocycles. The first kappa shape index (κ1) is 16.0. The van der Waals surface area contributed by atoms with Gasteiger partial charge in [-0.2, -0.15) is 0 Å². The molecule has 0 spiro atoms. The van der Waals surface area contributed by atoms with Gasteiger partial charge in [-0.05, 0) is 43.3 Å². The summed E-state index contributed by atoms with van der Waals surface area (Å²) in [5, 5.41) is 13.1. The normalized spacial score (nSPS) is 11.2. The molecular formula is C19H15FN4O2. The zero-order chi connectivity index (χ0) is 18.3. The number of carboxylic acids is 1. The van der Waals surface area contributed by atoms with Gasteiger partial charge in [0.15, 0.2) is 0 Å². The minimum absolute atomic E-state index is 0.208. The van der Waals surface area contributed by atoms with E-state index >= 15 is 0 Å². The number of benzene rings is 2. The number of carboxylic acid groups (broad SMARTS) is 1. The van der Waals surface area contributed by atoms with Crippen molar-refractivity contribution in [2.75, 3.05) is 5.32 Å². The Kier molecular flexibility index (Phi) is 3.76. The van der Waals surface area contributed by atoms with Crippen molar-refractivity contribution >= 4 is 39.3 Å². The van der Waals surface area contributed by atoms with Crippen LogP contribution in [0.4, 0.5) is 15.8 Å². The van der Waals surface area contributed by atoms with Crippen molar-refractivity contribution in [3.63, 3.8) is 0 Å². The minimum Gasteiger partial charge on any atom is -0.481 e. The number of aromatic nitrogens is 3. The molecule has 2 aromatic heterocycles. The number of aliphatic carboxylic acids is 1. The van der Waals surface area contributed by atoms with Gasteiger partial charge < -0.3 is 15.4 Å². The summed E-state index contributed by atoms with van der Waals surface area (Å²) < 4.78 is 13.8. The van der Waals surface area contributed by atoms with E-state index in [4.69, 9.17) is 0 Å². The second kappa shape index (κ2) is 6.11. The lowest BCUT2D eigenvalue weighted by molar-refractivity contribution is -0.136. The van der Waals surface area contributed by atoms with E-state index in [1.807, 2.05) is 18.2 Å². The molecule has 7 heteroatoms. The van der Waals surface area contributed by atoms with Crippen molar-refractivity contribution in [2.45, 2.75) is 13.3 Å². The SMILES string of the molecule is Cc1nc2ccc(F)cc2c(Nc2ccc3nc[nH]c3c2)c1CC(=O)O. The zero-order valence-corrected chi connectivity index (χ0v) is 13.9. The minimum atomic E-state index is -0.974. The first-order valence-electron chi connectivity index (χ1n) is 8.02. The molecule has 4 aromatic rings. The summed E-state index contributed by atoms with van der Waals surface area (Å²) in [6.45, 7) is 1.75. The average molecular weight is 350 g/mol. The number of hydrogen-bond donors (Lipinski definition) is 3. The average Bonchev–Trinajstić information content (AvgIpc) is 3.06. The van der Waals surface area contributed by atoms with Crippen molar-refractivity contribution in [3.05, 3.63) is 59.8 Å². The Bertz CT molecular complexity index is 1150. The van der Waals surface area contributed by atoms with Crippen LogP contribution in [0.15, 0.2) is 42.7 Å². The molecule has 6 nitrogen and oxygen atoms in total. The molecule has 3 N–H and O–H groups in total. The first-order valence-corrected chi connectivity index (χ1v) is 8.02. The monoisotopic (exact) mass is 350 g/mol. The fraction of sp³-hybridized carbons (Fsp3) is 0.105. The van der Waals surface area contributed by atoms with E-state index in [1.54, 1.807) is 19.3 Å². The van der Waals surface area contributed by atoms with E-state index in [1.165, 1.54) is 12.1 Å². The number of nitrogens with one attached hydrogen (secondary N) is 2. The number of pyridine rings is 1. The highest BCUT2D eigenvalue weighted by molar-refractivity contribution is 5.97. The van der Waals surface area contributed by atoms with Crippen LogP contribution in [0.25, 0.3) is 21.9 Å². The highest BCUT2D eigenvalue weighted by Gasteiger charge is 2.16. The third-order valence-corrected chi connectivity index (χ3v) is 4.27. The predicted molar refractivity (Wildman–Crippen MR) is 97.2 cm³/mol. The van der Waals surface area contributed by atoms with Crippen molar-refractivity contribution < 1.29 is 14.3 Å². The molecule has 0 saturated carbocycles. The van der Waals surface area contributed by atoms with Gasteiger partial charge in [-0.1, -0.05) is 0 Å². The summed E-state index contributed by atoms with van der Waals surface area (Å²) in [6.07, 6.45) is 1.39. The van der Waals surface area contributed by atoms with Crippen LogP contribution >= 0.6 is 0 Å². The molecule has 0 radical (unpaired) electrons. The van der Waals surface area contributed by atoms with Crippen LogP contribution in [0.5, 0.6) is 0 Å². The summed E-state index contributed by atoms with van der Waals surface area (Å²) in [4.78, 5) is 23.0. The maximum atomic E-state index is 13.8. The Morgan fingerprint density at radius 2 is 2.04 bits per heavy atom. The van der Waals surface area contributed by atoms with Crippen molar-refractivity contribution in [2.24, 2.45) is 0 Å². The standard InChI is InChI=1S/C19H15FN4O2/c1-10-13(8-18(25)26)19(14-6-11(20)2-4-15(14)23-10)24-12-3-5-16-17(7-12)22-9-21-16/h2-7,9H,8H2,1H3,(H,21,22)(H,23,24)(H,25,26). The zero-order valence-electron chi connectivity index (χ0n) is 13.9. The highest BCUT2D eigenvalue weighted by Crippen LogP contribution is 2.32. The van der Waals surface area contributed by atoms with Crippen LogP contribution in [0, 0.1) is 12.7 Å². The van der Waals surface area contributed by atoms with Crippen LogP contribution in [0.3, 0.4) is 0 Å². The summed E-state index contributed by atoms with van der Waals surface area (Å²) >= 11 is 0. The number of hydrogen-bond acceptors (Lipinski definition) is 4. The Hall–Kier alpha value is -3.48. The fourth-order valence-electron chi connectivity index (χ4n) is 3.07. The Morgan fingerprint density at radius 1 is 1.23 bits per heavy atom. The van der Waals surface area contributed by atoms with Gasteiger partial charge in [-0.25, -0.2) is 9.37 Å². The number of rotatable bonds is 4. The van der Waals surface area contributed by atoms with Gasteiger partial charge in [0, 0.05) is 22.3 Å². The third-order valence-electron chi connectivity index (χ3n) is 4.27. The lowest BCUT2D eigenvalue weighted by atomic mass is 10.0. The third kappa shape index (κ3) is 2.83. The molecule has 130 valence electrons. The van der Waals surface area contributed by atoms with Crippen LogP contribution < -0.4 is 5.32 Å². The highest BCUT2D eigenvalue weighted by atomic mass is 19.1. The van der Waals surface area contributed by atoms with Crippen LogP contribution in [0.1, 0.15) is 11.3 Å². The van der Waals surface area contributed by atoms with Crippen molar-refractivity contribution in [1.29, 1.82) is 0 Å². The number of imidazole rings is 1. The Balaban J connectivity index is 1.91. The number of fused-ring (bicyclic) bond motifs is 2. The molecule has 0 saturated heterocycles. The molecule has 26 heavy (non-hydrogen) atoms. The van der Waals surface area contributed by atoms with Crippen molar-refractivity contribution in [3.8, 4) is 0 Å². The quantitative estimate of drug-likeness (QED) is 0.519. The van der Waals surface area contributed by atoms with Crippen LogP contribution in [-0.4, -0.2) is 26.0 Å². The van der Waals surface area contributed by atoms with Gasteiger partial charge in [-0.15, -0.1) is 0 Å². The molecule has 0 aliphatic rings. The summed E-state index contributed by atoms with van der Waals surface area (Å²) in [5.41, 5.74) is 4.68. The maximum Gasteiger partial charge on any atom is 0.307 e. The van der Waals surface area contributed by atoms with Gasteiger partial charge in [0.05, 0.1) is 35.0 Å². The van der Waals surface area contributed by atoms with E-state index < -0.39 is 11.8 Å². The van der Waals surface area contributed by atoms with Gasteiger partial charge in [-0.3, -0.25) is 9.78 Å². The maximum absolute atomic E-state index is 13.8. The van der Waals surface area contributed by atoms with Gasteiger partial charge >= 0.3 is 5.97 Å². The largest absolute Gasteiger partial charge is 0.481 e. The fourth-order valence-corrected chi connectivity index (χ4v) is 3.07. The van der Waals surface area contributed by atoms with E-state index in [0.717, 1.165) is 16.7 Å². The summed E-state index contributed by atoms with van der Waals surface area (Å²) in [5.74, 6) is -1.38. The molecule has 2 heterocycles. The first-order chi connectivity index (χ1) is 12.5. The lowest BCUT2D eigenvalue weighted by Gasteiger charge is -2.16. The number of aryl methyl sites for hydroxylation is 1. The molecule has 2 aromatic carbocycles. The molecule has 0 fully saturated rings. The number of anilines is 2. The Morgan fingerprint density at radius 3 is 2.85 bits per heavy atom. The van der Waals surface area contributed by atoms with Gasteiger partial charge in [0.2, 0.25) is 0 Å². The number of halogens is 1. The number of carbonyl (C=O) groups is 1. The second-order valence-electron chi connectivity index (χ2n) is 6.04. The summed E-state index contributed by atoms with van der Waals surface area (Å²) in [7, 11) is 0. The molecular weight excluding hydrogens is 335 g/mol. The van der Waals surface area contributed by atoms with E-state index in [0.29, 0.717) is 27.8 Å². The van der Waals surface area contributed by atoms with E-state index in [9.17, 15) is 14.3 Å². The molecule has 0 amide bonds. The number of H-pyrrole nitrogens is 1. The van der Waals surface area contributed by atoms with Crippen LogP contribution in [-0.2, 0) is 11.2 Å². The Labute approximate surface area is 147 Å². The molecule has 0 bridgehead atoms.